The van der Waals surface area contributed by atoms with E-state index in [2.05, 4.69) is 0 Å². The molecule has 2 nitrogen and oxygen atoms in total. The standard InChI is InChI=1S/C12H14FNO/c1-8(2)10-6-9(4-5-14)12(15-3)7-11(10)13/h6-8H,4H2,1-3H3. The number of nitriles is 1. The van der Waals surface area contributed by atoms with Crippen LogP contribution >= 0.6 is 0 Å². The molecule has 0 fully saturated rings. The molecule has 1 aromatic rings. The maximum Gasteiger partial charge on any atom is 0.130 e. The second-order valence-corrected chi connectivity index (χ2v) is 3.68. The fraction of sp³-hybridized carbons (Fsp3) is 0.417. The van der Waals surface area contributed by atoms with Gasteiger partial charge in [0.2, 0.25) is 0 Å². The molecule has 3 heteroatoms. The van der Waals surface area contributed by atoms with Crippen LogP contribution in [0.2, 0.25) is 0 Å². The highest BCUT2D eigenvalue weighted by Gasteiger charge is 2.12. The molecule has 0 atom stereocenters. The Balaban J connectivity index is 3.25. The first kappa shape index (κ1) is 11.5. The number of rotatable bonds is 3. The second-order valence-electron chi connectivity index (χ2n) is 3.68. The van der Waals surface area contributed by atoms with Gasteiger partial charge in [-0.25, -0.2) is 4.39 Å². The van der Waals surface area contributed by atoms with Crippen molar-refractivity contribution in [2.75, 3.05) is 7.11 Å². The average molecular weight is 207 g/mol. The third kappa shape index (κ3) is 2.47. The van der Waals surface area contributed by atoms with Crippen molar-refractivity contribution in [3.63, 3.8) is 0 Å². The molecule has 0 spiro atoms. The zero-order chi connectivity index (χ0) is 11.4. The summed E-state index contributed by atoms with van der Waals surface area (Å²) in [5.74, 6) is 0.273. The van der Waals surface area contributed by atoms with Gasteiger partial charge in [-0.15, -0.1) is 0 Å². The van der Waals surface area contributed by atoms with E-state index in [1.807, 2.05) is 19.9 Å². The van der Waals surface area contributed by atoms with Crippen molar-refractivity contribution in [3.05, 3.63) is 29.1 Å². The lowest BCUT2D eigenvalue weighted by molar-refractivity contribution is 0.406. The van der Waals surface area contributed by atoms with Crippen LogP contribution in [0, 0.1) is 17.1 Å². The second kappa shape index (κ2) is 4.79. The molecule has 0 saturated heterocycles. The van der Waals surface area contributed by atoms with Gasteiger partial charge in [-0.2, -0.15) is 5.26 Å². The highest BCUT2D eigenvalue weighted by molar-refractivity contribution is 5.40. The van der Waals surface area contributed by atoms with E-state index in [1.54, 1.807) is 6.07 Å². The summed E-state index contributed by atoms with van der Waals surface area (Å²) >= 11 is 0. The first-order valence-electron chi connectivity index (χ1n) is 4.83. The van der Waals surface area contributed by atoms with Gasteiger partial charge in [0.15, 0.2) is 0 Å². The third-order valence-corrected chi connectivity index (χ3v) is 2.29. The molecule has 0 N–H and O–H groups in total. The minimum absolute atomic E-state index is 0.105. The van der Waals surface area contributed by atoms with E-state index in [0.717, 1.165) is 5.56 Å². The Kier molecular flexibility index (Phi) is 3.68. The SMILES string of the molecule is COc1cc(F)c(C(C)C)cc1CC#N. The molecular formula is C12H14FNO. The quantitative estimate of drug-likeness (QED) is 0.763. The van der Waals surface area contributed by atoms with Crippen LogP contribution in [0.4, 0.5) is 4.39 Å². The minimum Gasteiger partial charge on any atom is -0.496 e. The number of hydrogen-bond acceptors (Lipinski definition) is 2. The zero-order valence-corrected chi connectivity index (χ0v) is 9.17. The van der Waals surface area contributed by atoms with Crippen LogP contribution in [0.3, 0.4) is 0 Å². The van der Waals surface area contributed by atoms with Crippen LogP contribution in [0.15, 0.2) is 12.1 Å². The molecule has 0 radical (unpaired) electrons. The van der Waals surface area contributed by atoms with Crippen molar-refractivity contribution in [2.45, 2.75) is 26.2 Å². The van der Waals surface area contributed by atoms with E-state index in [1.165, 1.54) is 13.2 Å². The fourth-order valence-electron chi connectivity index (χ4n) is 1.47. The minimum atomic E-state index is -0.275. The summed E-state index contributed by atoms with van der Waals surface area (Å²) in [6.45, 7) is 3.84. The summed E-state index contributed by atoms with van der Waals surface area (Å²) in [5.41, 5.74) is 1.37. The molecule has 1 aromatic carbocycles. The maximum atomic E-state index is 13.5. The average Bonchev–Trinajstić information content (AvgIpc) is 2.20. The van der Waals surface area contributed by atoms with E-state index in [4.69, 9.17) is 10.00 Å². The molecule has 0 aromatic heterocycles. The molecule has 0 saturated carbocycles. The largest absolute Gasteiger partial charge is 0.496 e. The number of ether oxygens (including phenoxy) is 1. The van der Waals surface area contributed by atoms with Gasteiger partial charge >= 0.3 is 0 Å². The molecular weight excluding hydrogens is 193 g/mol. The lowest BCUT2D eigenvalue weighted by atomic mass is 9.98. The van der Waals surface area contributed by atoms with Gasteiger partial charge in [0.1, 0.15) is 11.6 Å². The van der Waals surface area contributed by atoms with Gasteiger partial charge < -0.3 is 4.74 Å². The van der Waals surface area contributed by atoms with Crippen LogP contribution < -0.4 is 4.74 Å². The summed E-state index contributed by atoms with van der Waals surface area (Å²) in [5, 5.41) is 8.64. The van der Waals surface area contributed by atoms with Gasteiger partial charge in [0.25, 0.3) is 0 Å². The van der Waals surface area contributed by atoms with Gasteiger partial charge in [0.05, 0.1) is 19.6 Å². The lowest BCUT2D eigenvalue weighted by Gasteiger charge is -2.12. The van der Waals surface area contributed by atoms with E-state index in [0.29, 0.717) is 11.3 Å². The Morgan fingerprint density at radius 1 is 1.47 bits per heavy atom. The van der Waals surface area contributed by atoms with Crippen LogP contribution in [0.1, 0.15) is 30.9 Å². The molecule has 0 unspecified atom stereocenters. The summed E-state index contributed by atoms with van der Waals surface area (Å²) < 4.78 is 18.6. The number of methoxy groups -OCH3 is 1. The van der Waals surface area contributed by atoms with E-state index in [9.17, 15) is 4.39 Å². The molecule has 1 rings (SSSR count). The highest BCUT2D eigenvalue weighted by atomic mass is 19.1. The predicted octanol–water partition coefficient (Wildman–Crippen LogP) is 3.02. The van der Waals surface area contributed by atoms with Gasteiger partial charge in [-0.1, -0.05) is 13.8 Å². The Morgan fingerprint density at radius 2 is 2.13 bits per heavy atom. The molecule has 80 valence electrons. The van der Waals surface area contributed by atoms with Crippen LogP contribution in [0.5, 0.6) is 5.75 Å². The van der Waals surface area contributed by atoms with Crippen LogP contribution in [-0.2, 0) is 6.42 Å². The molecule has 0 aliphatic rings. The van der Waals surface area contributed by atoms with E-state index < -0.39 is 0 Å². The number of benzene rings is 1. The van der Waals surface area contributed by atoms with Crippen LogP contribution in [-0.4, -0.2) is 7.11 Å². The molecule has 0 aliphatic heterocycles. The molecule has 0 aliphatic carbocycles. The Morgan fingerprint density at radius 3 is 2.60 bits per heavy atom. The smallest absolute Gasteiger partial charge is 0.130 e. The molecule has 0 bridgehead atoms. The van der Waals surface area contributed by atoms with Gasteiger partial charge in [-0.3, -0.25) is 0 Å². The van der Waals surface area contributed by atoms with Crippen molar-refractivity contribution in [1.82, 2.24) is 0 Å². The van der Waals surface area contributed by atoms with Crippen LogP contribution in [0.25, 0.3) is 0 Å². The van der Waals surface area contributed by atoms with Crippen molar-refractivity contribution >= 4 is 0 Å². The zero-order valence-electron chi connectivity index (χ0n) is 9.17. The summed E-state index contributed by atoms with van der Waals surface area (Å²) in [6.07, 6.45) is 0.239. The van der Waals surface area contributed by atoms with Gasteiger partial charge in [0, 0.05) is 11.6 Å². The topological polar surface area (TPSA) is 33.0 Å². The Labute approximate surface area is 89.3 Å². The Hall–Kier alpha value is -1.56. The maximum absolute atomic E-state index is 13.5. The molecule has 0 heterocycles. The normalized spacial score (nSPS) is 10.1. The fourth-order valence-corrected chi connectivity index (χ4v) is 1.47. The van der Waals surface area contributed by atoms with E-state index >= 15 is 0 Å². The van der Waals surface area contributed by atoms with E-state index in [-0.39, 0.29) is 18.2 Å². The third-order valence-electron chi connectivity index (χ3n) is 2.29. The van der Waals surface area contributed by atoms with Crippen molar-refractivity contribution in [3.8, 4) is 11.8 Å². The number of halogens is 1. The molecule has 0 amide bonds. The molecule has 15 heavy (non-hydrogen) atoms. The van der Waals surface area contributed by atoms with Crippen molar-refractivity contribution < 1.29 is 9.13 Å². The first-order valence-corrected chi connectivity index (χ1v) is 4.83. The van der Waals surface area contributed by atoms with Crippen molar-refractivity contribution in [2.24, 2.45) is 0 Å². The summed E-state index contributed by atoms with van der Waals surface area (Å²) in [4.78, 5) is 0. The van der Waals surface area contributed by atoms with Gasteiger partial charge in [-0.05, 0) is 17.5 Å². The monoisotopic (exact) mass is 207 g/mol. The predicted molar refractivity (Wildman–Crippen MR) is 56.4 cm³/mol. The lowest BCUT2D eigenvalue weighted by Crippen LogP contribution is -1.99. The summed E-state index contributed by atoms with van der Waals surface area (Å²) in [7, 11) is 1.48. The number of nitrogens with zero attached hydrogens (tertiary/aromatic N) is 1. The highest BCUT2D eigenvalue weighted by Crippen LogP contribution is 2.27. The van der Waals surface area contributed by atoms with Crippen molar-refractivity contribution in [1.29, 1.82) is 5.26 Å². The summed E-state index contributed by atoms with van der Waals surface area (Å²) in [6, 6.07) is 5.10. The number of hydrogen-bond donors (Lipinski definition) is 0. The first-order chi connectivity index (χ1) is 7.10. The Bertz CT molecular complexity index is 393.